The highest BCUT2D eigenvalue weighted by molar-refractivity contribution is 9.10. The van der Waals surface area contributed by atoms with Gasteiger partial charge in [0.05, 0.1) is 4.90 Å². The van der Waals surface area contributed by atoms with E-state index in [1.165, 1.54) is 19.2 Å². The van der Waals surface area contributed by atoms with Crippen molar-refractivity contribution in [2.24, 2.45) is 0 Å². The van der Waals surface area contributed by atoms with Gasteiger partial charge in [-0.1, -0.05) is 22.0 Å². The number of aryl methyl sites for hydroxylation is 1. The Morgan fingerprint density at radius 2 is 2.06 bits per heavy atom. The number of hydrogen-bond donors (Lipinski definition) is 1. The van der Waals surface area contributed by atoms with Crippen LogP contribution in [0.1, 0.15) is 5.56 Å². The molecule has 1 aromatic rings. The van der Waals surface area contributed by atoms with Crippen molar-refractivity contribution < 1.29 is 18.3 Å². The van der Waals surface area contributed by atoms with E-state index in [-0.39, 0.29) is 4.90 Å². The summed E-state index contributed by atoms with van der Waals surface area (Å²) >= 11 is 3.24. The van der Waals surface area contributed by atoms with Gasteiger partial charge in [0.15, 0.2) is 0 Å². The molecule has 0 saturated heterocycles. The second kappa shape index (κ2) is 5.16. The van der Waals surface area contributed by atoms with Gasteiger partial charge in [-0.15, -0.1) is 0 Å². The van der Waals surface area contributed by atoms with E-state index < -0.39 is 22.5 Å². The number of sulfonamides is 1. The van der Waals surface area contributed by atoms with Gasteiger partial charge in [0, 0.05) is 11.5 Å². The Balaban J connectivity index is 3.13. The molecule has 0 heterocycles. The second-order valence-electron chi connectivity index (χ2n) is 3.57. The van der Waals surface area contributed by atoms with Crippen molar-refractivity contribution in [2.45, 2.75) is 11.8 Å². The van der Waals surface area contributed by atoms with Crippen molar-refractivity contribution in [1.29, 1.82) is 0 Å². The van der Waals surface area contributed by atoms with E-state index in [9.17, 15) is 13.2 Å². The lowest BCUT2D eigenvalue weighted by atomic mass is 10.2. The molecule has 94 valence electrons. The molecular weight excluding hydrogens is 310 g/mol. The lowest BCUT2D eigenvalue weighted by Crippen LogP contribution is -2.32. The highest BCUT2D eigenvalue weighted by Gasteiger charge is 2.23. The lowest BCUT2D eigenvalue weighted by molar-refractivity contribution is -0.137. The Hall–Kier alpha value is -0.920. The summed E-state index contributed by atoms with van der Waals surface area (Å²) in [6, 6.07) is 4.57. The fraction of sp³-hybridized carbons (Fsp3) is 0.300. The number of likely N-dealkylation sites (N-methyl/N-ethyl adjacent to an activating group) is 1. The number of aliphatic carboxylic acids is 1. The normalized spacial score (nSPS) is 11.8. The number of carboxylic acid groups (broad SMARTS) is 1. The first-order valence-electron chi connectivity index (χ1n) is 4.69. The van der Waals surface area contributed by atoms with Crippen LogP contribution in [0.25, 0.3) is 0 Å². The van der Waals surface area contributed by atoms with E-state index in [1.807, 2.05) is 6.92 Å². The minimum absolute atomic E-state index is 0.0683. The molecule has 0 spiro atoms. The standard InChI is InChI=1S/C10H12BrNO4S/c1-7-3-4-8(5-9(7)11)17(15,16)12(2)6-10(13)14/h3-5H,6H2,1-2H3,(H,13,14). The van der Waals surface area contributed by atoms with Crippen molar-refractivity contribution in [2.75, 3.05) is 13.6 Å². The largest absolute Gasteiger partial charge is 0.480 e. The van der Waals surface area contributed by atoms with Crippen molar-refractivity contribution in [3.63, 3.8) is 0 Å². The monoisotopic (exact) mass is 321 g/mol. The molecule has 1 rings (SSSR count). The first kappa shape index (κ1) is 14.1. The van der Waals surface area contributed by atoms with Crippen LogP contribution in [0.4, 0.5) is 0 Å². The predicted molar refractivity (Wildman–Crippen MR) is 66.3 cm³/mol. The fourth-order valence-electron chi connectivity index (χ4n) is 1.19. The van der Waals surface area contributed by atoms with Gasteiger partial charge in [0.2, 0.25) is 10.0 Å². The number of carboxylic acids is 1. The summed E-state index contributed by atoms with van der Waals surface area (Å²) in [6.45, 7) is 1.27. The third kappa shape index (κ3) is 3.27. The molecule has 0 aliphatic heterocycles. The van der Waals surface area contributed by atoms with Gasteiger partial charge in [0.25, 0.3) is 0 Å². The predicted octanol–water partition coefficient (Wildman–Crippen LogP) is 1.46. The van der Waals surface area contributed by atoms with Gasteiger partial charge < -0.3 is 5.11 Å². The number of rotatable bonds is 4. The molecule has 0 bridgehead atoms. The Bertz CT molecular complexity index is 541. The zero-order valence-corrected chi connectivity index (χ0v) is 11.7. The number of benzene rings is 1. The van der Waals surface area contributed by atoms with E-state index in [2.05, 4.69) is 15.9 Å². The van der Waals surface area contributed by atoms with Gasteiger partial charge in [-0.25, -0.2) is 8.42 Å². The fourth-order valence-corrected chi connectivity index (χ4v) is 2.87. The van der Waals surface area contributed by atoms with Crippen molar-refractivity contribution in [1.82, 2.24) is 4.31 Å². The molecule has 0 aliphatic rings. The molecule has 0 aliphatic carbocycles. The molecule has 0 unspecified atom stereocenters. The molecule has 7 heteroatoms. The molecule has 0 fully saturated rings. The average molecular weight is 322 g/mol. The van der Waals surface area contributed by atoms with Gasteiger partial charge in [-0.3, -0.25) is 4.79 Å². The SMILES string of the molecule is Cc1ccc(S(=O)(=O)N(C)CC(=O)O)cc1Br. The molecule has 0 radical (unpaired) electrons. The van der Waals surface area contributed by atoms with Gasteiger partial charge >= 0.3 is 5.97 Å². The number of hydrogen-bond acceptors (Lipinski definition) is 3. The van der Waals surface area contributed by atoms with Gasteiger partial charge in [-0.2, -0.15) is 4.31 Å². The molecule has 17 heavy (non-hydrogen) atoms. The van der Waals surface area contributed by atoms with Gasteiger partial charge in [-0.05, 0) is 24.6 Å². The van der Waals surface area contributed by atoms with Gasteiger partial charge in [0.1, 0.15) is 6.54 Å². The zero-order chi connectivity index (χ0) is 13.2. The summed E-state index contributed by atoms with van der Waals surface area (Å²) in [7, 11) is -2.52. The number of halogens is 1. The number of nitrogens with zero attached hydrogens (tertiary/aromatic N) is 1. The Kier molecular flexibility index (Phi) is 4.29. The molecule has 0 atom stereocenters. The Morgan fingerprint density at radius 3 is 2.53 bits per heavy atom. The van der Waals surface area contributed by atoms with Crippen molar-refractivity contribution in [3.05, 3.63) is 28.2 Å². The summed E-state index contributed by atoms with van der Waals surface area (Å²) < 4.78 is 25.4. The Morgan fingerprint density at radius 1 is 1.47 bits per heavy atom. The van der Waals surface area contributed by atoms with E-state index in [0.717, 1.165) is 9.87 Å². The highest BCUT2D eigenvalue weighted by atomic mass is 79.9. The maximum atomic E-state index is 12.0. The van der Waals surface area contributed by atoms with Crippen molar-refractivity contribution in [3.8, 4) is 0 Å². The molecule has 1 aromatic carbocycles. The molecule has 0 amide bonds. The first-order valence-corrected chi connectivity index (χ1v) is 6.92. The van der Waals surface area contributed by atoms with Crippen LogP contribution < -0.4 is 0 Å². The molecule has 0 aromatic heterocycles. The average Bonchev–Trinajstić information content (AvgIpc) is 2.20. The molecule has 5 nitrogen and oxygen atoms in total. The topological polar surface area (TPSA) is 74.7 Å². The van der Waals surface area contributed by atoms with Crippen LogP contribution in [0.3, 0.4) is 0 Å². The Labute approximate surface area is 108 Å². The lowest BCUT2D eigenvalue weighted by Gasteiger charge is -2.15. The third-order valence-corrected chi connectivity index (χ3v) is 4.86. The summed E-state index contributed by atoms with van der Waals surface area (Å²) in [6.07, 6.45) is 0. The van der Waals surface area contributed by atoms with E-state index in [0.29, 0.717) is 4.47 Å². The van der Waals surface area contributed by atoms with E-state index in [4.69, 9.17) is 5.11 Å². The minimum atomic E-state index is -3.75. The van der Waals surface area contributed by atoms with Crippen LogP contribution in [0.2, 0.25) is 0 Å². The second-order valence-corrected chi connectivity index (χ2v) is 6.47. The first-order chi connectivity index (χ1) is 7.75. The summed E-state index contributed by atoms with van der Waals surface area (Å²) in [5, 5.41) is 8.58. The molecule has 0 saturated carbocycles. The van der Waals surface area contributed by atoms with E-state index >= 15 is 0 Å². The van der Waals surface area contributed by atoms with Crippen LogP contribution >= 0.6 is 15.9 Å². The van der Waals surface area contributed by atoms with Crippen LogP contribution in [0.15, 0.2) is 27.6 Å². The summed E-state index contributed by atoms with van der Waals surface area (Å²) in [5.41, 5.74) is 0.907. The van der Waals surface area contributed by atoms with Crippen LogP contribution in [0, 0.1) is 6.92 Å². The smallest absolute Gasteiger partial charge is 0.318 e. The molecular formula is C10H12BrNO4S. The molecule has 1 N–H and O–H groups in total. The third-order valence-electron chi connectivity index (χ3n) is 2.21. The quantitative estimate of drug-likeness (QED) is 0.911. The zero-order valence-electron chi connectivity index (χ0n) is 9.34. The van der Waals surface area contributed by atoms with E-state index in [1.54, 1.807) is 6.07 Å². The van der Waals surface area contributed by atoms with Crippen molar-refractivity contribution >= 4 is 31.9 Å². The van der Waals surface area contributed by atoms with Crippen LogP contribution in [-0.2, 0) is 14.8 Å². The highest BCUT2D eigenvalue weighted by Crippen LogP contribution is 2.22. The summed E-state index contributed by atoms with van der Waals surface area (Å²) in [5.74, 6) is -1.19. The number of carbonyl (C=O) groups is 1. The minimum Gasteiger partial charge on any atom is -0.480 e. The maximum Gasteiger partial charge on any atom is 0.318 e. The summed E-state index contributed by atoms with van der Waals surface area (Å²) in [4.78, 5) is 10.6. The maximum absolute atomic E-state index is 12.0. The van der Waals surface area contributed by atoms with Crippen LogP contribution in [-0.4, -0.2) is 37.4 Å². The van der Waals surface area contributed by atoms with Crippen LogP contribution in [0.5, 0.6) is 0 Å².